The Balaban J connectivity index is 0.000000304. The van der Waals surface area contributed by atoms with Gasteiger partial charge in [-0.25, -0.2) is 0 Å². The molecule has 0 aromatic heterocycles. The van der Waals surface area contributed by atoms with E-state index in [2.05, 4.69) is 94.2 Å². The minimum Gasteiger partial charge on any atom is -0.512 e. The van der Waals surface area contributed by atoms with Crippen LogP contribution < -0.4 is 44.3 Å². The summed E-state index contributed by atoms with van der Waals surface area (Å²) in [6, 6.07) is 25.1. The number of aldehydes is 1. The predicted molar refractivity (Wildman–Crippen MR) is 283 cm³/mol. The van der Waals surface area contributed by atoms with E-state index in [4.69, 9.17) is 30.8 Å². The molecule has 2 heterocycles. The number of nitrogens with zero attached hydrogens (tertiary/aromatic N) is 2. The fraction of sp³-hybridized carbons (Fsp3) is 0.593. The van der Waals surface area contributed by atoms with E-state index < -0.39 is 0 Å². The van der Waals surface area contributed by atoms with Crippen LogP contribution in [0.4, 0.5) is 0 Å². The molecule has 0 amide bonds. The number of carbonyl (C=O) groups excluding carboxylic acids is 3. The normalized spacial score (nSPS) is 22.4. The van der Waals surface area contributed by atoms with Gasteiger partial charge in [0, 0.05) is 33.6 Å². The third-order valence-corrected chi connectivity index (χ3v) is 14.7. The molecular formula is C59H82BN3NaO7. The van der Waals surface area contributed by atoms with E-state index in [9.17, 15) is 14.4 Å². The molecule has 2 saturated heterocycles. The van der Waals surface area contributed by atoms with Crippen molar-refractivity contribution in [3.63, 3.8) is 0 Å². The topological polar surface area (TPSA) is 127 Å². The second kappa shape index (κ2) is 30.3. The third kappa shape index (κ3) is 19.5. The van der Waals surface area contributed by atoms with E-state index in [0.717, 1.165) is 124 Å². The molecule has 0 spiro atoms. The Kier molecular flexibility index (Phi) is 26.2. The number of benzene rings is 4. The molecule has 4 aromatic carbocycles. The molecule has 2 saturated carbocycles. The van der Waals surface area contributed by atoms with Crippen LogP contribution in [0.1, 0.15) is 148 Å². The minimum atomic E-state index is -0.0419. The van der Waals surface area contributed by atoms with Crippen molar-refractivity contribution in [1.82, 2.24) is 10.2 Å². The zero-order valence-electron chi connectivity index (χ0n) is 44.7. The van der Waals surface area contributed by atoms with Crippen LogP contribution in [0.15, 0.2) is 72.8 Å². The Labute approximate surface area is 450 Å². The first kappa shape index (κ1) is 61.4. The standard InChI is InChI=1S/C29H41NO3.C21H26O2.C8H15NO2.CN.B.Na/c1-5-32-28(31)24-7-6-16-30(20-24)19-21-8-9-23-18-27(13-10-22(23)17-21)33-26-14-11-25(12-15-26)29(2,3)4;1-21(2,3)18-7-10-19(11-8-18)23-20-9-6-16-12-15(14-22)4-5-17(16)13-20;1-2-11-8(10)7-4-3-5-9-6-7;1-2;;/h8-10,13,17-18,24-26H,5-7,11-12,14-16,19-20H2,1-4H3;4-6,9,12-14,18-19H,7-8,10-11H2,1-3H3;7,9H,2-6H2,1H3;;;/q;;;-1;;+1/t24-,25?,26?;;7-;;;/m1.1.../s1. The van der Waals surface area contributed by atoms with Crippen LogP contribution in [-0.2, 0) is 25.6 Å². The molecule has 0 bridgehead atoms. The van der Waals surface area contributed by atoms with Crippen molar-refractivity contribution in [2.45, 2.75) is 151 Å². The fourth-order valence-corrected chi connectivity index (χ4v) is 10.5. The molecule has 2 aliphatic carbocycles. The SMILES string of the molecule is CC(C)(C)C1CCC(Oc2ccc3cc(C=O)ccc3c2)CC1.CCOC(=O)[C@@H]1CCCN(Cc2ccc3cc(OC4CCC(C(C)(C)C)CC4)ccc3c2)C1.CCOC(=O)[C@@H]1CCCNC1.[B].[C-]#N.[Na+]. The van der Waals surface area contributed by atoms with Gasteiger partial charge in [-0.1, -0.05) is 77.9 Å². The summed E-state index contributed by atoms with van der Waals surface area (Å²) in [7, 11) is 0. The van der Waals surface area contributed by atoms with E-state index in [-0.39, 0.29) is 61.7 Å². The number of carbonyl (C=O) groups is 3. The van der Waals surface area contributed by atoms with Crippen LogP contribution in [0.25, 0.3) is 21.5 Å². The zero-order chi connectivity index (χ0) is 50.0. The predicted octanol–water partition coefficient (Wildman–Crippen LogP) is 9.50. The molecule has 12 heteroatoms. The third-order valence-electron chi connectivity index (χ3n) is 14.7. The van der Waals surface area contributed by atoms with Gasteiger partial charge in [0.15, 0.2) is 0 Å². The number of ether oxygens (including phenoxy) is 4. The smallest absolute Gasteiger partial charge is 0.512 e. The Morgan fingerprint density at radius 1 is 0.648 bits per heavy atom. The van der Waals surface area contributed by atoms with Crippen molar-refractivity contribution >= 4 is 48.2 Å². The van der Waals surface area contributed by atoms with Gasteiger partial charge >= 0.3 is 41.5 Å². The van der Waals surface area contributed by atoms with E-state index in [1.54, 1.807) is 0 Å². The van der Waals surface area contributed by atoms with Gasteiger partial charge in [-0.2, -0.15) is 0 Å². The second-order valence-electron chi connectivity index (χ2n) is 21.8. The number of likely N-dealkylation sites (tertiary alicyclic amines) is 1. The van der Waals surface area contributed by atoms with E-state index >= 15 is 0 Å². The number of esters is 2. The van der Waals surface area contributed by atoms with Crippen LogP contribution >= 0.6 is 0 Å². The largest absolute Gasteiger partial charge is 1.00 e. The number of hydrogen-bond acceptors (Lipinski definition) is 10. The van der Waals surface area contributed by atoms with Crippen molar-refractivity contribution in [2.75, 3.05) is 39.4 Å². The van der Waals surface area contributed by atoms with Crippen LogP contribution in [-0.4, -0.2) is 83.1 Å². The van der Waals surface area contributed by atoms with Crippen molar-refractivity contribution in [2.24, 2.45) is 34.5 Å². The number of hydrogen-bond donors (Lipinski definition) is 1. The first-order valence-corrected chi connectivity index (χ1v) is 26.0. The molecule has 8 rings (SSSR count). The Morgan fingerprint density at radius 2 is 1.11 bits per heavy atom. The zero-order valence-corrected chi connectivity index (χ0v) is 46.7. The van der Waals surface area contributed by atoms with Crippen LogP contribution in [0.2, 0.25) is 0 Å². The van der Waals surface area contributed by atoms with Gasteiger partial charge in [-0.15, -0.1) is 0 Å². The van der Waals surface area contributed by atoms with Gasteiger partial charge in [0.25, 0.3) is 0 Å². The Bertz CT molecular complexity index is 2250. The van der Waals surface area contributed by atoms with Gasteiger partial charge in [-0.3, -0.25) is 19.3 Å². The Morgan fingerprint density at radius 3 is 1.59 bits per heavy atom. The van der Waals surface area contributed by atoms with Gasteiger partial charge in [0.05, 0.1) is 37.3 Å². The van der Waals surface area contributed by atoms with Crippen molar-refractivity contribution in [1.29, 1.82) is 5.26 Å². The molecule has 4 aromatic rings. The van der Waals surface area contributed by atoms with Gasteiger partial charge in [0.1, 0.15) is 17.8 Å². The minimum absolute atomic E-state index is 0. The molecule has 2 aliphatic heterocycles. The summed E-state index contributed by atoms with van der Waals surface area (Å²) in [4.78, 5) is 36.5. The van der Waals surface area contributed by atoms with Crippen LogP contribution in [0.3, 0.4) is 0 Å². The summed E-state index contributed by atoms with van der Waals surface area (Å²) < 4.78 is 22.7. The van der Waals surface area contributed by atoms with E-state index in [1.165, 1.54) is 42.0 Å². The van der Waals surface area contributed by atoms with E-state index in [1.807, 2.05) is 44.2 Å². The van der Waals surface area contributed by atoms with Gasteiger partial charge in [-0.05, 0) is 190 Å². The van der Waals surface area contributed by atoms with Crippen molar-refractivity contribution in [3.8, 4) is 11.5 Å². The molecule has 1 N–H and O–H groups in total. The number of fused-ring (bicyclic) bond motifs is 2. The quantitative estimate of drug-likeness (QED) is 0.0672. The van der Waals surface area contributed by atoms with Gasteiger partial charge in [0.2, 0.25) is 0 Å². The van der Waals surface area contributed by atoms with Crippen molar-refractivity contribution in [3.05, 3.63) is 90.5 Å². The summed E-state index contributed by atoms with van der Waals surface area (Å²) in [5, 5.41) is 14.1. The molecule has 0 unspecified atom stereocenters. The first-order chi connectivity index (χ1) is 33.1. The summed E-state index contributed by atoms with van der Waals surface area (Å²) >= 11 is 0. The van der Waals surface area contributed by atoms with Crippen LogP contribution in [0, 0.1) is 46.3 Å². The number of piperidine rings is 2. The van der Waals surface area contributed by atoms with E-state index in [0.29, 0.717) is 41.8 Å². The maximum atomic E-state index is 12.1. The summed E-state index contributed by atoms with van der Waals surface area (Å²) in [5.41, 5.74) is 2.82. The molecule has 379 valence electrons. The number of rotatable bonds is 11. The molecule has 2 atom stereocenters. The first-order valence-electron chi connectivity index (χ1n) is 26.0. The monoisotopic (exact) mass is 979 g/mol. The summed E-state index contributed by atoms with van der Waals surface area (Å²) in [6.45, 7) is 28.1. The Hall–Kier alpha value is -3.92. The maximum absolute atomic E-state index is 12.1. The molecule has 71 heavy (non-hydrogen) atoms. The average Bonchev–Trinajstić information content (AvgIpc) is 3.35. The fourth-order valence-electron chi connectivity index (χ4n) is 10.5. The average molecular weight is 979 g/mol. The molecule has 3 radical (unpaired) electrons. The maximum Gasteiger partial charge on any atom is 1.00 e. The molecular weight excluding hydrogens is 896 g/mol. The van der Waals surface area contributed by atoms with Gasteiger partial charge < -0.3 is 36.1 Å². The van der Waals surface area contributed by atoms with Crippen molar-refractivity contribution < 1.29 is 62.9 Å². The summed E-state index contributed by atoms with van der Waals surface area (Å²) in [6.07, 6.45) is 15.2. The molecule has 4 aliphatic rings. The number of nitrogens with one attached hydrogen (secondary N) is 1. The summed E-state index contributed by atoms with van der Waals surface area (Å²) in [5.74, 6) is 3.57. The molecule has 10 nitrogen and oxygen atoms in total. The van der Waals surface area contributed by atoms with Crippen LogP contribution in [0.5, 0.6) is 11.5 Å². The molecule has 4 fully saturated rings. The second-order valence-corrected chi connectivity index (χ2v) is 21.8.